The number of amides is 3. The number of hydrogen-bond acceptors (Lipinski definition) is 5. The highest BCUT2D eigenvalue weighted by Crippen LogP contribution is 2.29. The van der Waals surface area contributed by atoms with Crippen LogP contribution in [0.25, 0.3) is 0 Å². The molecule has 1 aromatic heterocycles. The first-order valence-electron chi connectivity index (χ1n) is 10.8. The average molecular weight is 479 g/mol. The van der Waals surface area contributed by atoms with E-state index in [4.69, 9.17) is 0 Å². The zero-order valence-corrected chi connectivity index (χ0v) is 20.3. The van der Waals surface area contributed by atoms with Crippen molar-refractivity contribution in [2.45, 2.75) is 37.8 Å². The summed E-state index contributed by atoms with van der Waals surface area (Å²) >= 11 is 1.03. The van der Waals surface area contributed by atoms with Crippen LogP contribution in [0.4, 0.5) is 15.5 Å². The Morgan fingerprint density at radius 1 is 1.16 bits per heavy atom. The first-order chi connectivity index (χ1) is 15.2. The molecule has 0 bridgehead atoms. The van der Waals surface area contributed by atoms with Gasteiger partial charge >= 0.3 is 6.03 Å². The number of carbonyl (C=O) groups excluding carboxylic acids is 2. The maximum atomic E-state index is 12.8. The van der Waals surface area contributed by atoms with E-state index in [1.807, 2.05) is 31.2 Å². The lowest BCUT2D eigenvalue weighted by Gasteiger charge is -2.32. The Balaban J connectivity index is 1.61. The van der Waals surface area contributed by atoms with Gasteiger partial charge in [-0.1, -0.05) is 26.0 Å². The number of anilines is 2. The third-order valence-electron chi connectivity index (χ3n) is 5.48. The highest BCUT2D eigenvalue weighted by Gasteiger charge is 2.29. The Labute approximate surface area is 193 Å². The third kappa shape index (κ3) is 5.67. The van der Waals surface area contributed by atoms with Crippen molar-refractivity contribution in [3.05, 3.63) is 42.0 Å². The van der Waals surface area contributed by atoms with Crippen LogP contribution < -0.4 is 10.6 Å². The van der Waals surface area contributed by atoms with E-state index in [9.17, 15) is 18.0 Å². The molecule has 174 valence electrons. The van der Waals surface area contributed by atoms with Gasteiger partial charge in [0.1, 0.15) is 4.21 Å². The van der Waals surface area contributed by atoms with E-state index in [2.05, 4.69) is 10.6 Å². The fourth-order valence-corrected chi connectivity index (χ4v) is 6.55. The molecule has 3 amide bonds. The van der Waals surface area contributed by atoms with Crippen LogP contribution in [0.5, 0.6) is 0 Å². The Morgan fingerprint density at radius 2 is 1.91 bits per heavy atom. The molecule has 1 fully saturated rings. The van der Waals surface area contributed by atoms with Gasteiger partial charge in [-0.05, 0) is 49.6 Å². The van der Waals surface area contributed by atoms with Crippen molar-refractivity contribution in [3.8, 4) is 0 Å². The highest BCUT2D eigenvalue weighted by molar-refractivity contribution is 7.91. The summed E-state index contributed by atoms with van der Waals surface area (Å²) in [6.45, 7) is 7.19. The lowest BCUT2D eigenvalue weighted by Crippen LogP contribution is -2.45. The van der Waals surface area contributed by atoms with Gasteiger partial charge in [0.15, 0.2) is 0 Å². The standard InChI is InChI=1S/C22H30N4O4S2/c1-4-26(5-2)32(29,30)20-12-11-19(31-20)24-22(28)25-13-7-9-17(15-25)21(27)23-18-10-6-8-16(3)14-18/h6,8,10-12,14,17H,4-5,7,9,13,15H2,1-3H3,(H,23,27)(H,24,28). The van der Waals surface area contributed by atoms with Crippen molar-refractivity contribution in [1.29, 1.82) is 0 Å². The number of carbonyl (C=O) groups is 2. The van der Waals surface area contributed by atoms with Crippen LogP contribution in [0.15, 0.2) is 40.6 Å². The van der Waals surface area contributed by atoms with Gasteiger partial charge in [0, 0.05) is 31.9 Å². The minimum absolute atomic E-state index is 0.100. The van der Waals surface area contributed by atoms with Crippen LogP contribution >= 0.6 is 11.3 Å². The summed E-state index contributed by atoms with van der Waals surface area (Å²) in [4.78, 5) is 27.1. The molecule has 0 spiro atoms. The second-order valence-electron chi connectivity index (χ2n) is 7.78. The SMILES string of the molecule is CCN(CC)S(=O)(=O)c1ccc(NC(=O)N2CCCC(C(=O)Nc3cccc(C)c3)C2)s1. The van der Waals surface area contributed by atoms with E-state index < -0.39 is 10.0 Å². The number of rotatable bonds is 7. The zero-order valence-electron chi connectivity index (χ0n) is 18.6. The summed E-state index contributed by atoms with van der Waals surface area (Å²) in [7, 11) is -3.56. The van der Waals surface area contributed by atoms with Gasteiger partial charge in [-0.25, -0.2) is 13.2 Å². The summed E-state index contributed by atoms with van der Waals surface area (Å²) in [6.07, 6.45) is 1.44. The first-order valence-corrected chi connectivity index (χ1v) is 13.0. The molecule has 8 nitrogen and oxygen atoms in total. The maximum Gasteiger partial charge on any atom is 0.322 e. The van der Waals surface area contributed by atoms with Gasteiger partial charge in [0.2, 0.25) is 5.91 Å². The van der Waals surface area contributed by atoms with Crippen LogP contribution in [-0.2, 0) is 14.8 Å². The van der Waals surface area contributed by atoms with Gasteiger partial charge in [-0.2, -0.15) is 4.31 Å². The molecule has 3 rings (SSSR count). The number of urea groups is 1. The number of piperidine rings is 1. The number of likely N-dealkylation sites (tertiary alicyclic amines) is 1. The fraction of sp³-hybridized carbons (Fsp3) is 0.455. The van der Waals surface area contributed by atoms with E-state index in [1.165, 1.54) is 10.4 Å². The molecule has 1 aliphatic heterocycles. The van der Waals surface area contributed by atoms with Crippen molar-refractivity contribution >= 4 is 44.0 Å². The van der Waals surface area contributed by atoms with E-state index >= 15 is 0 Å². The highest BCUT2D eigenvalue weighted by atomic mass is 32.2. The molecular formula is C22H30N4O4S2. The number of thiophene rings is 1. The number of hydrogen-bond donors (Lipinski definition) is 2. The molecule has 10 heteroatoms. The fourth-order valence-electron chi connectivity index (χ4n) is 3.74. The molecule has 1 aliphatic rings. The maximum absolute atomic E-state index is 12.8. The molecule has 1 unspecified atom stereocenters. The van der Waals surface area contributed by atoms with Crippen molar-refractivity contribution in [3.63, 3.8) is 0 Å². The number of nitrogens with one attached hydrogen (secondary N) is 2. The monoisotopic (exact) mass is 478 g/mol. The van der Waals surface area contributed by atoms with Crippen LogP contribution in [0.2, 0.25) is 0 Å². The number of sulfonamides is 1. The van der Waals surface area contributed by atoms with Crippen LogP contribution in [0, 0.1) is 12.8 Å². The van der Waals surface area contributed by atoms with Crippen molar-refractivity contribution in [2.75, 3.05) is 36.8 Å². The summed E-state index contributed by atoms with van der Waals surface area (Å²) in [5, 5.41) is 6.19. The number of benzene rings is 1. The van der Waals surface area contributed by atoms with Crippen LogP contribution in [0.1, 0.15) is 32.3 Å². The second-order valence-corrected chi connectivity index (χ2v) is 11.0. The third-order valence-corrected chi connectivity index (χ3v) is 8.99. The Hall–Kier alpha value is -2.43. The van der Waals surface area contributed by atoms with E-state index in [-0.39, 0.29) is 22.1 Å². The van der Waals surface area contributed by atoms with Crippen LogP contribution in [0.3, 0.4) is 0 Å². The molecule has 2 N–H and O–H groups in total. The van der Waals surface area contributed by atoms with Crippen molar-refractivity contribution in [2.24, 2.45) is 5.92 Å². The zero-order chi connectivity index (χ0) is 23.3. The van der Waals surface area contributed by atoms with Crippen molar-refractivity contribution < 1.29 is 18.0 Å². The predicted molar refractivity (Wildman–Crippen MR) is 128 cm³/mol. The molecule has 1 aromatic carbocycles. The molecule has 1 saturated heterocycles. The predicted octanol–water partition coefficient (Wildman–Crippen LogP) is 3.97. The minimum Gasteiger partial charge on any atom is -0.326 e. The molecular weight excluding hydrogens is 448 g/mol. The van der Waals surface area contributed by atoms with Crippen LogP contribution in [-0.4, -0.2) is 55.7 Å². The molecule has 0 aliphatic carbocycles. The van der Waals surface area contributed by atoms with E-state index in [0.717, 1.165) is 29.0 Å². The second kappa shape index (κ2) is 10.5. The summed E-state index contributed by atoms with van der Waals surface area (Å²) in [5.41, 5.74) is 1.81. The topological polar surface area (TPSA) is 98.8 Å². The Morgan fingerprint density at radius 3 is 2.59 bits per heavy atom. The summed E-state index contributed by atoms with van der Waals surface area (Å²) in [5.74, 6) is -0.395. The normalized spacial score (nSPS) is 16.8. The molecule has 32 heavy (non-hydrogen) atoms. The molecule has 2 heterocycles. The Kier molecular flexibility index (Phi) is 7.91. The minimum atomic E-state index is -3.56. The van der Waals surface area contributed by atoms with Gasteiger partial charge in [-0.3, -0.25) is 10.1 Å². The molecule has 0 saturated carbocycles. The summed E-state index contributed by atoms with van der Waals surface area (Å²) < 4.78 is 26.9. The lowest BCUT2D eigenvalue weighted by molar-refractivity contribution is -0.121. The van der Waals surface area contributed by atoms with E-state index in [0.29, 0.717) is 37.6 Å². The molecule has 2 aromatic rings. The van der Waals surface area contributed by atoms with E-state index in [1.54, 1.807) is 24.8 Å². The number of aryl methyl sites for hydroxylation is 1. The quantitative estimate of drug-likeness (QED) is 0.629. The lowest BCUT2D eigenvalue weighted by atomic mass is 9.97. The summed E-state index contributed by atoms with van der Waals surface area (Å²) in [6, 6.07) is 10.4. The van der Waals surface area contributed by atoms with Gasteiger partial charge < -0.3 is 10.2 Å². The van der Waals surface area contributed by atoms with Gasteiger partial charge in [0.05, 0.1) is 10.9 Å². The number of nitrogens with zero attached hydrogens (tertiary/aromatic N) is 2. The van der Waals surface area contributed by atoms with Gasteiger partial charge in [-0.15, -0.1) is 11.3 Å². The average Bonchev–Trinajstić information content (AvgIpc) is 3.24. The largest absolute Gasteiger partial charge is 0.326 e. The first kappa shape index (κ1) is 24.2. The molecule has 0 radical (unpaired) electrons. The van der Waals surface area contributed by atoms with Crippen molar-refractivity contribution in [1.82, 2.24) is 9.21 Å². The molecule has 1 atom stereocenters. The Bertz CT molecular complexity index is 1060. The van der Waals surface area contributed by atoms with Gasteiger partial charge in [0.25, 0.3) is 10.0 Å². The smallest absolute Gasteiger partial charge is 0.322 e.